The number of methoxy groups -OCH3 is 1. The standard InChI is InChI=1S/C14H21N3O4S.C2HF3O2/c1-3-21-7-11-4-5-22(18,19)14(11)8-17(9-14)12-6-13(20-2)16-10-15-12;3-2(4,5)1(6)7/h6,10-11H,3-5,7-9H2,1-2H3;(H,6,7). The molecule has 1 atom stereocenters. The maximum absolute atomic E-state index is 12.5. The first-order chi connectivity index (χ1) is 13.5. The summed E-state index contributed by atoms with van der Waals surface area (Å²) in [4.78, 5) is 19.0. The number of sulfone groups is 1. The molecule has 0 aromatic carbocycles. The number of carbonyl (C=O) groups is 1. The van der Waals surface area contributed by atoms with Crippen molar-refractivity contribution < 1.29 is 41.0 Å². The number of hydrogen-bond donors (Lipinski definition) is 1. The molecule has 3 heterocycles. The molecule has 1 aromatic rings. The van der Waals surface area contributed by atoms with E-state index in [-0.39, 0.29) is 11.7 Å². The number of aromatic nitrogens is 2. The third kappa shape index (κ3) is 4.89. The highest BCUT2D eigenvalue weighted by Gasteiger charge is 2.61. The molecule has 2 aliphatic heterocycles. The second-order valence-corrected chi connectivity index (χ2v) is 9.06. The van der Waals surface area contributed by atoms with Gasteiger partial charge in [0.1, 0.15) is 16.9 Å². The number of ether oxygens (including phenoxy) is 2. The van der Waals surface area contributed by atoms with Crippen LogP contribution in [-0.2, 0) is 19.4 Å². The van der Waals surface area contributed by atoms with E-state index in [4.69, 9.17) is 19.4 Å². The van der Waals surface area contributed by atoms with Crippen LogP contribution in [-0.4, -0.2) is 79.6 Å². The van der Waals surface area contributed by atoms with Gasteiger partial charge in [-0.25, -0.2) is 23.2 Å². The molecule has 164 valence electrons. The van der Waals surface area contributed by atoms with Gasteiger partial charge in [-0.05, 0) is 13.3 Å². The number of aliphatic carboxylic acids is 1. The smallest absolute Gasteiger partial charge is 0.481 e. The van der Waals surface area contributed by atoms with Gasteiger partial charge in [-0.15, -0.1) is 0 Å². The predicted molar refractivity (Wildman–Crippen MR) is 95.6 cm³/mol. The molecule has 0 bridgehead atoms. The number of hydrogen-bond acceptors (Lipinski definition) is 8. The summed E-state index contributed by atoms with van der Waals surface area (Å²) >= 11 is 0. The molecule has 2 fully saturated rings. The molecule has 0 aliphatic carbocycles. The first-order valence-electron chi connectivity index (χ1n) is 8.68. The summed E-state index contributed by atoms with van der Waals surface area (Å²) in [5.41, 5.74) is 0. The highest BCUT2D eigenvalue weighted by atomic mass is 32.2. The van der Waals surface area contributed by atoms with Gasteiger partial charge in [0, 0.05) is 31.7 Å². The Balaban J connectivity index is 0.000000370. The van der Waals surface area contributed by atoms with E-state index in [0.717, 1.165) is 0 Å². The highest BCUT2D eigenvalue weighted by Crippen LogP contribution is 2.46. The van der Waals surface area contributed by atoms with Gasteiger partial charge in [-0.3, -0.25) is 0 Å². The minimum Gasteiger partial charge on any atom is -0.481 e. The van der Waals surface area contributed by atoms with E-state index in [0.29, 0.717) is 44.4 Å². The predicted octanol–water partition coefficient (Wildman–Crippen LogP) is 1.15. The van der Waals surface area contributed by atoms with Crippen LogP contribution in [0.1, 0.15) is 13.3 Å². The van der Waals surface area contributed by atoms with Crippen LogP contribution in [0.2, 0.25) is 0 Å². The van der Waals surface area contributed by atoms with Crippen LogP contribution in [0.5, 0.6) is 5.88 Å². The van der Waals surface area contributed by atoms with E-state index in [1.165, 1.54) is 6.33 Å². The van der Waals surface area contributed by atoms with Crippen molar-refractivity contribution in [1.82, 2.24) is 9.97 Å². The SMILES string of the molecule is CCOCC1CCS(=O)(=O)C12CN(c1cc(OC)ncn1)C2.O=C(O)C(F)(F)F. The van der Waals surface area contributed by atoms with Gasteiger partial charge in [0.05, 0.1) is 19.5 Å². The lowest BCUT2D eigenvalue weighted by atomic mass is 9.83. The summed E-state index contributed by atoms with van der Waals surface area (Å²) < 4.78 is 66.6. The summed E-state index contributed by atoms with van der Waals surface area (Å²) in [6, 6.07) is 1.73. The molecular weight excluding hydrogens is 419 g/mol. The first-order valence-corrected chi connectivity index (χ1v) is 10.3. The molecule has 0 radical (unpaired) electrons. The normalized spacial score (nSPS) is 21.8. The zero-order chi connectivity index (χ0) is 21.9. The summed E-state index contributed by atoms with van der Waals surface area (Å²) in [6.07, 6.45) is -2.97. The fourth-order valence-electron chi connectivity index (χ4n) is 3.34. The quantitative estimate of drug-likeness (QED) is 0.718. The second kappa shape index (κ2) is 8.69. The topological polar surface area (TPSA) is 119 Å². The Morgan fingerprint density at radius 3 is 2.52 bits per heavy atom. The van der Waals surface area contributed by atoms with Crippen LogP contribution in [0.25, 0.3) is 0 Å². The summed E-state index contributed by atoms with van der Waals surface area (Å²) in [7, 11) is -1.54. The Hall–Kier alpha value is -2.15. The van der Waals surface area contributed by atoms with Crippen molar-refractivity contribution in [2.24, 2.45) is 5.92 Å². The van der Waals surface area contributed by atoms with Gasteiger partial charge >= 0.3 is 12.1 Å². The van der Waals surface area contributed by atoms with E-state index < -0.39 is 26.7 Å². The third-order valence-electron chi connectivity index (χ3n) is 4.94. The lowest BCUT2D eigenvalue weighted by Crippen LogP contribution is -2.68. The molecule has 1 aromatic heterocycles. The molecule has 0 saturated carbocycles. The number of carboxylic acids is 1. The van der Waals surface area contributed by atoms with Crippen molar-refractivity contribution in [3.8, 4) is 5.88 Å². The average Bonchev–Trinajstić information content (AvgIpc) is 2.88. The lowest BCUT2D eigenvalue weighted by molar-refractivity contribution is -0.192. The number of rotatable bonds is 5. The third-order valence-corrected chi connectivity index (χ3v) is 7.55. The molecule has 9 nitrogen and oxygen atoms in total. The van der Waals surface area contributed by atoms with Gasteiger partial charge in [-0.1, -0.05) is 0 Å². The van der Waals surface area contributed by atoms with Gasteiger partial charge in [0.2, 0.25) is 5.88 Å². The Labute approximate surface area is 165 Å². The van der Waals surface area contributed by atoms with Crippen molar-refractivity contribution in [2.45, 2.75) is 24.3 Å². The van der Waals surface area contributed by atoms with E-state index in [1.54, 1.807) is 13.2 Å². The highest BCUT2D eigenvalue weighted by molar-refractivity contribution is 7.93. The van der Waals surface area contributed by atoms with Crippen LogP contribution in [0.15, 0.2) is 12.4 Å². The molecule has 3 rings (SSSR count). The van der Waals surface area contributed by atoms with Crippen LogP contribution in [0.4, 0.5) is 19.0 Å². The molecule has 1 spiro atoms. The number of anilines is 1. The largest absolute Gasteiger partial charge is 0.490 e. The molecule has 1 unspecified atom stereocenters. The Morgan fingerprint density at radius 1 is 1.38 bits per heavy atom. The molecule has 13 heteroatoms. The number of carboxylic acid groups (broad SMARTS) is 1. The van der Waals surface area contributed by atoms with Crippen molar-refractivity contribution in [2.75, 3.05) is 44.1 Å². The summed E-state index contributed by atoms with van der Waals surface area (Å²) in [6.45, 7) is 3.98. The maximum atomic E-state index is 12.5. The van der Waals surface area contributed by atoms with Crippen LogP contribution >= 0.6 is 0 Å². The first kappa shape index (κ1) is 23.1. The lowest BCUT2D eigenvalue weighted by Gasteiger charge is -2.50. The Morgan fingerprint density at radius 2 is 2.00 bits per heavy atom. The Kier molecular flexibility index (Phi) is 6.93. The van der Waals surface area contributed by atoms with E-state index in [2.05, 4.69) is 9.97 Å². The number of alkyl halides is 3. The molecule has 2 saturated heterocycles. The van der Waals surface area contributed by atoms with Crippen molar-refractivity contribution in [1.29, 1.82) is 0 Å². The molecule has 1 N–H and O–H groups in total. The second-order valence-electron chi connectivity index (χ2n) is 6.61. The summed E-state index contributed by atoms with van der Waals surface area (Å²) in [5.74, 6) is -1.25. The van der Waals surface area contributed by atoms with Gasteiger partial charge in [-0.2, -0.15) is 13.2 Å². The zero-order valence-electron chi connectivity index (χ0n) is 15.8. The maximum Gasteiger partial charge on any atom is 0.490 e. The minimum absolute atomic E-state index is 0.0671. The van der Waals surface area contributed by atoms with Crippen LogP contribution < -0.4 is 9.64 Å². The Bertz CT molecular complexity index is 827. The zero-order valence-corrected chi connectivity index (χ0v) is 16.7. The van der Waals surface area contributed by atoms with Gasteiger partial charge in [0.15, 0.2) is 9.84 Å². The van der Waals surface area contributed by atoms with Gasteiger partial charge < -0.3 is 19.5 Å². The summed E-state index contributed by atoms with van der Waals surface area (Å²) in [5, 5.41) is 7.12. The van der Waals surface area contributed by atoms with Crippen molar-refractivity contribution >= 4 is 21.6 Å². The van der Waals surface area contributed by atoms with E-state index in [9.17, 15) is 21.6 Å². The van der Waals surface area contributed by atoms with Crippen LogP contribution in [0.3, 0.4) is 0 Å². The van der Waals surface area contributed by atoms with Crippen molar-refractivity contribution in [3.05, 3.63) is 12.4 Å². The number of nitrogens with zero attached hydrogens (tertiary/aromatic N) is 3. The average molecular weight is 441 g/mol. The van der Waals surface area contributed by atoms with E-state index >= 15 is 0 Å². The molecule has 29 heavy (non-hydrogen) atoms. The van der Waals surface area contributed by atoms with Crippen LogP contribution in [0, 0.1) is 5.92 Å². The molecular formula is C16H22F3N3O6S. The van der Waals surface area contributed by atoms with Gasteiger partial charge in [0.25, 0.3) is 0 Å². The fourth-order valence-corrected chi connectivity index (χ4v) is 5.74. The fraction of sp³-hybridized carbons (Fsp3) is 0.688. The minimum atomic E-state index is -5.08. The molecule has 2 aliphatic rings. The molecule has 0 amide bonds. The van der Waals surface area contributed by atoms with Crippen molar-refractivity contribution in [3.63, 3.8) is 0 Å². The van der Waals surface area contributed by atoms with E-state index in [1.807, 2.05) is 11.8 Å². The number of halogens is 3. The monoisotopic (exact) mass is 441 g/mol.